The van der Waals surface area contributed by atoms with Gasteiger partial charge in [0.2, 0.25) is 0 Å². The second-order valence-electron chi connectivity index (χ2n) is 6.34. The largest absolute Gasteiger partial charge is 0.467 e. The summed E-state index contributed by atoms with van der Waals surface area (Å²) < 4.78 is 19.4. The van der Waals surface area contributed by atoms with Crippen LogP contribution in [0.5, 0.6) is 5.75 Å². The molecule has 1 N–H and O–H groups in total. The number of benzene rings is 2. The number of nitrogens with one attached hydrogen (secondary N) is 1. The molecule has 23 heavy (non-hydrogen) atoms. The average molecular weight is 312 g/mol. The Balaban J connectivity index is 1.79. The molecular weight excluding hydrogens is 295 g/mol. The maximum atomic E-state index is 13.2. The molecule has 2 bridgehead atoms. The van der Waals surface area contributed by atoms with Crippen molar-refractivity contribution in [3.63, 3.8) is 0 Å². The summed E-state index contributed by atoms with van der Waals surface area (Å²) in [6.45, 7) is 3.91. The monoisotopic (exact) mass is 312 g/mol. The zero-order chi connectivity index (χ0) is 16.2. The molecule has 2 aliphatic rings. The number of halogens is 1. The molecule has 2 aromatic rings. The number of urea groups is 1. The minimum absolute atomic E-state index is 0.0761. The molecule has 2 amide bonds. The van der Waals surface area contributed by atoms with E-state index in [-0.39, 0.29) is 17.9 Å². The van der Waals surface area contributed by atoms with Crippen LogP contribution in [-0.4, -0.2) is 11.8 Å². The van der Waals surface area contributed by atoms with Crippen molar-refractivity contribution in [3.05, 3.63) is 59.4 Å². The number of carbonyl (C=O) groups is 1. The van der Waals surface area contributed by atoms with Crippen LogP contribution >= 0.6 is 0 Å². The van der Waals surface area contributed by atoms with Gasteiger partial charge >= 0.3 is 6.03 Å². The zero-order valence-corrected chi connectivity index (χ0v) is 13.0. The zero-order valence-electron chi connectivity index (χ0n) is 13.0. The van der Waals surface area contributed by atoms with Crippen LogP contribution in [0.1, 0.15) is 30.5 Å². The molecule has 0 aliphatic carbocycles. The van der Waals surface area contributed by atoms with Gasteiger partial charge in [0.15, 0.2) is 5.72 Å². The highest BCUT2D eigenvalue weighted by molar-refractivity contribution is 5.94. The van der Waals surface area contributed by atoms with Gasteiger partial charge in [-0.05, 0) is 44.2 Å². The van der Waals surface area contributed by atoms with E-state index >= 15 is 0 Å². The summed E-state index contributed by atoms with van der Waals surface area (Å²) >= 11 is 0. The molecule has 0 radical (unpaired) electrons. The number of nitrogens with zero attached hydrogens (tertiary/aromatic N) is 1. The number of ether oxygens (including phenoxy) is 1. The first kappa shape index (κ1) is 14.1. The minimum atomic E-state index is -0.799. The van der Waals surface area contributed by atoms with E-state index in [0.717, 1.165) is 16.9 Å². The topological polar surface area (TPSA) is 41.6 Å². The smallest absolute Gasteiger partial charge is 0.325 e. The van der Waals surface area contributed by atoms with Crippen molar-refractivity contribution in [1.29, 1.82) is 0 Å². The third-order valence-corrected chi connectivity index (χ3v) is 4.51. The van der Waals surface area contributed by atoms with Gasteiger partial charge in [-0.2, -0.15) is 0 Å². The SMILES string of the molecule is Cc1ccc2c(c1)[C@H]1C[C@](C)(O2)N(c2ccc(F)cc2)C(=O)N1. The summed E-state index contributed by atoms with van der Waals surface area (Å²) in [6.07, 6.45) is 0.632. The lowest BCUT2D eigenvalue weighted by Crippen LogP contribution is -2.65. The summed E-state index contributed by atoms with van der Waals surface area (Å²) in [5, 5.41) is 3.03. The Morgan fingerprint density at radius 3 is 2.74 bits per heavy atom. The number of aryl methyl sites for hydroxylation is 1. The molecule has 2 aromatic carbocycles. The number of fused-ring (bicyclic) bond motifs is 4. The maximum absolute atomic E-state index is 13.2. The molecule has 5 heteroatoms. The average Bonchev–Trinajstić information content (AvgIpc) is 2.49. The summed E-state index contributed by atoms with van der Waals surface area (Å²) in [6, 6.07) is 11.5. The van der Waals surface area contributed by atoms with Crippen LogP contribution < -0.4 is 15.0 Å². The van der Waals surface area contributed by atoms with E-state index in [0.29, 0.717) is 12.1 Å². The van der Waals surface area contributed by atoms with Crippen molar-refractivity contribution < 1.29 is 13.9 Å². The Morgan fingerprint density at radius 1 is 1.26 bits per heavy atom. The molecule has 0 unspecified atom stereocenters. The fraction of sp³-hybridized carbons (Fsp3) is 0.278. The first-order chi connectivity index (χ1) is 11.0. The molecular formula is C18H17FN2O2. The molecule has 2 aliphatic heterocycles. The van der Waals surface area contributed by atoms with Crippen molar-refractivity contribution in [2.45, 2.75) is 32.0 Å². The third-order valence-electron chi connectivity index (χ3n) is 4.51. The van der Waals surface area contributed by atoms with Crippen LogP contribution in [0.4, 0.5) is 14.9 Å². The second-order valence-corrected chi connectivity index (χ2v) is 6.34. The predicted octanol–water partition coefficient (Wildman–Crippen LogP) is 3.90. The van der Waals surface area contributed by atoms with E-state index in [9.17, 15) is 9.18 Å². The number of carbonyl (C=O) groups excluding carboxylic acids is 1. The van der Waals surface area contributed by atoms with E-state index in [1.807, 2.05) is 32.0 Å². The first-order valence-corrected chi connectivity index (χ1v) is 7.62. The fourth-order valence-corrected chi connectivity index (χ4v) is 3.48. The lowest BCUT2D eigenvalue weighted by atomic mass is 9.89. The summed E-state index contributed by atoms with van der Waals surface area (Å²) in [4.78, 5) is 14.2. The third kappa shape index (κ3) is 2.15. The molecule has 118 valence electrons. The number of hydrogen-bond donors (Lipinski definition) is 1. The molecule has 1 fully saturated rings. The predicted molar refractivity (Wildman–Crippen MR) is 85.0 cm³/mol. The van der Waals surface area contributed by atoms with Gasteiger partial charge in [0.1, 0.15) is 11.6 Å². The van der Waals surface area contributed by atoms with Gasteiger partial charge in [-0.15, -0.1) is 0 Å². The summed E-state index contributed by atoms with van der Waals surface area (Å²) in [5.74, 6) is 0.445. The highest BCUT2D eigenvalue weighted by Gasteiger charge is 2.49. The highest BCUT2D eigenvalue weighted by atomic mass is 19.1. The quantitative estimate of drug-likeness (QED) is 0.867. The van der Waals surface area contributed by atoms with E-state index in [1.54, 1.807) is 17.0 Å². The van der Waals surface area contributed by atoms with Crippen LogP contribution in [0.15, 0.2) is 42.5 Å². The molecule has 2 heterocycles. The molecule has 1 saturated heterocycles. The Hall–Kier alpha value is -2.56. The molecule has 4 nitrogen and oxygen atoms in total. The number of amides is 2. The lowest BCUT2D eigenvalue weighted by molar-refractivity contribution is 0.0378. The molecule has 2 atom stereocenters. The van der Waals surface area contributed by atoms with Crippen molar-refractivity contribution >= 4 is 11.7 Å². The highest BCUT2D eigenvalue weighted by Crippen LogP contribution is 2.45. The summed E-state index contributed by atoms with van der Waals surface area (Å²) in [5.41, 5.74) is 1.95. The molecule has 4 rings (SSSR count). The normalized spacial score (nSPS) is 25.4. The van der Waals surface area contributed by atoms with Crippen LogP contribution in [0.2, 0.25) is 0 Å². The molecule has 0 saturated carbocycles. The minimum Gasteiger partial charge on any atom is -0.467 e. The summed E-state index contributed by atoms with van der Waals surface area (Å²) in [7, 11) is 0. The van der Waals surface area contributed by atoms with Gasteiger partial charge in [-0.1, -0.05) is 17.7 Å². The van der Waals surface area contributed by atoms with Gasteiger partial charge in [0.05, 0.1) is 6.04 Å². The van der Waals surface area contributed by atoms with Gasteiger partial charge in [0, 0.05) is 17.7 Å². The van der Waals surface area contributed by atoms with E-state index in [2.05, 4.69) is 5.32 Å². The number of hydrogen-bond acceptors (Lipinski definition) is 2. The number of anilines is 1. The van der Waals surface area contributed by atoms with Crippen LogP contribution in [0.3, 0.4) is 0 Å². The first-order valence-electron chi connectivity index (χ1n) is 7.62. The van der Waals surface area contributed by atoms with Crippen LogP contribution in [0.25, 0.3) is 0 Å². The van der Waals surface area contributed by atoms with Gasteiger partial charge in [-0.25, -0.2) is 9.18 Å². The van der Waals surface area contributed by atoms with Crippen molar-refractivity contribution in [2.24, 2.45) is 0 Å². The van der Waals surface area contributed by atoms with E-state index in [4.69, 9.17) is 4.74 Å². The van der Waals surface area contributed by atoms with E-state index in [1.165, 1.54) is 12.1 Å². The van der Waals surface area contributed by atoms with Crippen LogP contribution in [-0.2, 0) is 0 Å². The standard InChI is InChI=1S/C18H17FN2O2/c1-11-3-8-16-14(9-11)15-10-18(2,23-16)21(17(22)20-15)13-6-4-12(19)5-7-13/h3-9,15H,10H2,1-2H3,(H,20,22)/t15-,18+/m1/s1. The Kier molecular flexibility index (Phi) is 2.88. The molecule has 0 aromatic heterocycles. The van der Waals surface area contributed by atoms with Gasteiger partial charge in [-0.3, -0.25) is 4.90 Å². The van der Waals surface area contributed by atoms with Crippen molar-refractivity contribution in [2.75, 3.05) is 4.90 Å². The Morgan fingerprint density at radius 2 is 2.00 bits per heavy atom. The van der Waals surface area contributed by atoms with Crippen molar-refractivity contribution in [3.8, 4) is 5.75 Å². The van der Waals surface area contributed by atoms with E-state index < -0.39 is 5.72 Å². The number of rotatable bonds is 1. The maximum Gasteiger partial charge on any atom is 0.325 e. The fourth-order valence-electron chi connectivity index (χ4n) is 3.48. The second kappa shape index (κ2) is 4.72. The Labute approximate surface area is 133 Å². The van der Waals surface area contributed by atoms with Crippen LogP contribution in [0, 0.1) is 12.7 Å². The lowest BCUT2D eigenvalue weighted by Gasteiger charge is -2.50. The Bertz CT molecular complexity index is 790. The van der Waals surface area contributed by atoms with Gasteiger partial charge < -0.3 is 10.1 Å². The molecule has 0 spiro atoms. The van der Waals surface area contributed by atoms with Crippen molar-refractivity contribution in [1.82, 2.24) is 5.32 Å². The van der Waals surface area contributed by atoms with Gasteiger partial charge in [0.25, 0.3) is 0 Å².